The molecular formula is C17H16F3N3O2. The maximum Gasteiger partial charge on any atom is 0.239 e. The van der Waals surface area contributed by atoms with Gasteiger partial charge < -0.3 is 10.6 Å². The first-order valence-electron chi connectivity index (χ1n) is 7.36. The zero-order valence-electron chi connectivity index (χ0n) is 13.6. The Labute approximate surface area is 142 Å². The van der Waals surface area contributed by atoms with Crippen LogP contribution in [0.15, 0.2) is 36.5 Å². The molecule has 2 N–H and O–H groups in total. The quantitative estimate of drug-likeness (QED) is 0.643. The molecule has 2 amide bonds. The first-order chi connectivity index (χ1) is 11.7. The number of halogens is 3. The van der Waals surface area contributed by atoms with Gasteiger partial charge >= 0.3 is 0 Å². The molecule has 132 valence electrons. The van der Waals surface area contributed by atoms with Crippen LogP contribution in [0.3, 0.4) is 0 Å². The number of anilines is 1. The smallest absolute Gasteiger partial charge is 0.239 e. The number of aromatic nitrogens is 1. The lowest BCUT2D eigenvalue weighted by Gasteiger charge is -2.22. The fraction of sp³-hybridized carbons (Fsp3) is 0.235. The summed E-state index contributed by atoms with van der Waals surface area (Å²) < 4.78 is 39.8. The van der Waals surface area contributed by atoms with Gasteiger partial charge in [-0.05, 0) is 38.1 Å². The van der Waals surface area contributed by atoms with Crippen LogP contribution in [0.2, 0.25) is 0 Å². The van der Waals surface area contributed by atoms with Gasteiger partial charge in [0.25, 0.3) is 0 Å². The van der Waals surface area contributed by atoms with Crippen LogP contribution in [0, 0.1) is 22.9 Å². The molecule has 2 rings (SSSR count). The summed E-state index contributed by atoms with van der Waals surface area (Å²) in [6.45, 7) is 2.76. The molecule has 0 radical (unpaired) electrons. The number of carbonyl (C=O) groups excluding carboxylic acids is 2. The monoisotopic (exact) mass is 351 g/mol. The van der Waals surface area contributed by atoms with Gasteiger partial charge in [-0.15, -0.1) is 0 Å². The van der Waals surface area contributed by atoms with Gasteiger partial charge in [-0.2, -0.15) is 0 Å². The lowest BCUT2D eigenvalue weighted by molar-refractivity contribution is -0.138. The predicted molar refractivity (Wildman–Crippen MR) is 84.8 cm³/mol. The van der Waals surface area contributed by atoms with E-state index in [0.29, 0.717) is 11.8 Å². The van der Waals surface area contributed by atoms with Crippen LogP contribution in [0.5, 0.6) is 0 Å². The lowest BCUT2D eigenvalue weighted by Crippen LogP contribution is -2.45. The average Bonchev–Trinajstić information content (AvgIpc) is 2.60. The summed E-state index contributed by atoms with van der Waals surface area (Å²) in [5.41, 5.74) is -1.53. The molecule has 0 aliphatic heterocycles. The minimum atomic E-state index is -1.70. The summed E-state index contributed by atoms with van der Waals surface area (Å²) in [5.74, 6) is -6.09. The third-order valence-corrected chi connectivity index (χ3v) is 3.57. The summed E-state index contributed by atoms with van der Waals surface area (Å²) in [6.07, 6.45) is 1.56. The van der Waals surface area contributed by atoms with Gasteiger partial charge in [-0.1, -0.05) is 6.07 Å². The minimum Gasteiger partial charge on any atom is -0.350 e. The van der Waals surface area contributed by atoms with Crippen molar-refractivity contribution in [3.63, 3.8) is 0 Å². The molecule has 8 heteroatoms. The molecule has 0 aliphatic rings. The normalized spacial score (nSPS) is 11.1. The van der Waals surface area contributed by atoms with Gasteiger partial charge in [0.05, 0.1) is 17.9 Å². The Bertz CT molecular complexity index is 795. The van der Waals surface area contributed by atoms with Gasteiger partial charge in [0.15, 0.2) is 17.5 Å². The molecule has 0 unspecified atom stereocenters. The fourth-order valence-electron chi connectivity index (χ4n) is 1.90. The standard InChI is InChI=1S/C17H16F3N3O2/c1-17(2,15(24)22-9-10-5-3-4-8-21-10)16(25)23-12-7-6-11(18)13(19)14(12)20/h3-8H,9H2,1-2H3,(H,22,24)(H,23,25). The summed E-state index contributed by atoms with van der Waals surface area (Å²) in [7, 11) is 0. The molecule has 1 aromatic heterocycles. The maximum atomic E-state index is 13.6. The number of hydrogen-bond acceptors (Lipinski definition) is 3. The van der Waals surface area contributed by atoms with Crippen molar-refractivity contribution in [2.75, 3.05) is 5.32 Å². The Kier molecular flexibility index (Phi) is 5.41. The van der Waals surface area contributed by atoms with Crippen molar-refractivity contribution in [1.29, 1.82) is 0 Å². The van der Waals surface area contributed by atoms with Crippen LogP contribution in [0.1, 0.15) is 19.5 Å². The Hall–Kier alpha value is -2.90. The minimum absolute atomic E-state index is 0.107. The molecule has 1 heterocycles. The Balaban J connectivity index is 2.06. The molecule has 1 aromatic carbocycles. The highest BCUT2D eigenvalue weighted by Crippen LogP contribution is 2.23. The van der Waals surface area contributed by atoms with Crippen LogP contribution < -0.4 is 10.6 Å². The highest BCUT2D eigenvalue weighted by molar-refractivity contribution is 6.09. The van der Waals surface area contributed by atoms with Crippen LogP contribution in [-0.4, -0.2) is 16.8 Å². The molecule has 0 saturated carbocycles. The number of hydrogen-bond donors (Lipinski definition) is 2. The molecule has 5 nitrogen and oxygen atoms in total. The van der Waals surface area contributed by atoms with Crippen molar-refractivity contribution in [2.24, 2.45) is 5.41 Å². The van der Waals surface area contributed by atoms with E-state index in [1.54, 1.807) is 24.4 Å². The topological polar surface area (TPSA) is 71.1 Å². The van der Waals surface area contributed by atoms with Crippen LogP contribution in [-0.2, 0) is 16.1 Å². The van der Waals surface area contributed by atoms with Crippen LogP contribution in [0.25, 0.3) is 0 Å². The molecule has 0 bridgehead atoms. The fourth-order valence-corrected chi connectivity index (χ4v) is 1.90. The summed E-state index contributed by atoms with van der Waals surface area (Å²) in [4.78, 5) is 28.5. The zero-order chi connectivity index (χ0) is 18.6. The van der Waals surface area contributed by atoms with Gasteiger partial charge in [-0.3, -0.25) is 14.6 Å². The average molecular weight is 351 g/mol. The van der Waals surface area contributed by atoms with E-state index in [1.807, 2.05) is 0 Å². The van der Waals surface area contributed by atoms with E-state index in [0.717, 1.165) is 6.07 Å². The number of carbonyl (C=O) groups is 2. The number of pyridine rings is 1. The third kappa shape index (κ3) is 4.14. The predicted octanol–water partition coefficient (Wildman–Crippen LogP) is 2.78. The van der Waals surface area contributed by atoms with E-state index in [-0.39, 0.29) is 6.54 Å². The van der Waals surface area contributed by atoms with Crippen molar-refractivity contribution >= 4 is 17.5 Å². The largest absolute Gasteiger partial charge is 0.350 e. The van der Waals surface area contributed by atoms with E-state index in [2.05, 4.69) is 15.6 Å². The number of rotatable bonds is 5. The number of amides is 2. The third-order valence-electron chi connectivity index (χ3n) is 3.57. The first kappa shape index (κ1) is 18.4. The van der Waals surface area contributed by atoms with Crippen molar-refractivity contribution in [3.8, 4) is 0 Å². The number of benzene rings is 1. The molecule has 0 fully saturated rings. The second kappa shape index (κ2) is 7.33. The molecular weight excluding hydrogens is 335 g/mol. The highest BCUT2D eigenvalue weighted by atomic mass is 19.2. The molecule has 0 spiro atoms. The molecule has 25 heavy (non-hydrogen) atoms. The van der Waals surface area contributed by atoms with Crippen molar-refractivity contribution in [2.45, 2.75) is 20.4 Å². The van der Waals surface area contributed by atoms with Gasteiger partial charge in [0.1, 0.15) is 5.41 Å². The van der Waals surface area contributed by atoms with E-state index in [9.17, 15) is 22.8 Å². The zero-order valence-corrected chi connectivity index (χ0v) is 13.6. The van der Waals surface area contributed by atoms with Gasteiger partial charge in [0.2, 0.25) is 11.8 Å². The Morgan fingerprint density at radius 1 is 1.04 bits per heavy atom. The summed E-state index contributed by atoms with van der Waals surface area (Å²) in [6, 6.07) is 6.73. The van der Waals surface area contributed by atoms with Crippen molar-refractivity contribution in [1.82, 2.24) is 10.3 Å². The second-order valence-corrected chi connectivity index (χ2v) is 5.81. The second-order valence-electron chi connectivity index (χ2n) is 5.81. The summed E-state index contributed by atoms with van der Waals surface area (Å²) in [5, 5.41) is 4.65. The van der Waals surface area contributed by atoms with E-state index < -0.39 is 40.4 Å². The summed E-state index contributed by atoms with van der Waals surface area (Å²) >= 11 is 0. The highest BCUT2D eigenvalue weighted by Gasteiger charge is 2.36. The van der Waals surface area contributed by atoms with Gasteiger partial charge in [-0.25, -0.2) is 13.2 Å². The van der Waals surface area contributed by atoms with E-state index in [1.165, 1.54) is 13.8 Å². The van der Waals surface area contributed by atoms with E-state index in [4.69, 9.17) is 0 Å². The van der Waals surface area contributed by atoms with Crippen LogP contribution in [0.4, 0.5) is 18.9 Å². The molecule has 0 saturated heterocycles. The molecule has 0 atom stereocenters. The molecule has 2 aromatic rings. The maximum absolute atomic E-state index is 13.6. The molecule has 0 aliphatic carbocycles. The Morgan fingerprint density at radius 3 is 2.40 bits per heavy atom. The number of nitrogens with one attached hydrogen (secondary N) is 2. The van der Waals surface area contributed by atoms with Crippen LogP contribution >= 0.6 is 0 Å². The lowest BCUT2D eigenvalue weighted by atomic mass is 9.91. The van der Waals surface area contributed by atoms with Crippen molar-refractivity contribution < 1.29 is 22.8 Å². The van der Waals surface area contributed by atoms with Crippen molar-refractivity contribution in [3.05, 3.63) is 59.7 Å². The SMILES string of the molecule is CC(C)(C(=O)NCc1ccccn1)C(=O)Nc1ccc(F)c(F)c1F. The van der Waals surface area contributed by atoms with Gasteiger partial charge in [0, 0.05) is 6.20 Å². The van der Waals surface area contributed by atoms with E-state index >= 15 is 0 Å². The first-order valence-corrected chi connectivity index (χ1v) is 7.36. The Morgan fingerprint density at radius 2 is 1.76 bits per heavy atom. The number of nitrogens with zero attached hydrogens (tertiary/aromatic N) is 1.